The van der Waals surface area contributed by atoms with Gasteiger partial charge in [0, 0.05) is 53.2 Å². The molecule has 5 heteroatoms. The molecule has 0 aliphatic carbocycles. The number of amidine groups is 2. The van der Waals surface area contributed by atoms with Gasteiger partial charge in [-0.25, -0.2) is 9.98 Å². The fraction of sp³-hybridized carbons (Fsp3) is 0.0196. The van der Waals surface area contributed by atoms with Crippen molar-refractivity contribution >= 4 is 97.4 Å². The Hall–Kier alpha value is -7.08. The Kier molecular flexibility index (Phi) is 6.83. The lowest BCUT2D eigenvalue weighted by atomic mass is 9.98. The van der Waals surface area contributed by atoms with Crippen molar-refractivity contribution < 1.29 is 4.42 Å². The van der Waals surface area contributed by atoms with Crippen molar-refractivity contribution in [3.63, 3.8) is 0 Å². The van der Waals surface area contributed by atoms with Gasteiger partial charge in [-0.1, -0.05) is 164 Å². The van der Waals surface area contributed by atoms with Gasteiger partial charge in [0.25, 0.3) is 0 Å². The van der Waals surface area contributed by atoms with Crippen molar-refractivity contribution in [2.24, 2.45) is 9.98 Å². The molecule has 56 heavy (non-hydrogen) atoms. The van der Waals surface area contributed by atoms with E-state index < -0.39 is 0 Å². The Labute approximate surface area is 325 Å². The molecule has 0 bridgehead atoms. The number of nitrogens with one attached hydrogen (secondary N) is 1. The zero-order valence-electron chi connectivity index (χ0n) is 30.0. The average Bonchev–Trinajstić information content (AvgIpc) is 3.86. The Morgan fingerprint density at radius 3 is 2.00 bits per heavy atom. The van der Waals surface area contributed by atoms with Crippen LogP contribution >= 0.6 is 11.3 Å². The molecule has 1 atom stereocenters. The highest BCUT2D eigenvalue weighted by atomic mass is 32.1. The molecule has 1 unspecified atom stereocenters. The van der Waals surface area contributed by atoms with E-state index in [1.54, 1.807) is 0 Å². The number of benzene rings is 9. The first-order valence-corrected chi connectivity index (χ1v) is 19.7. The molecule has 0 radical (unpaired) electrons. The maximum atomic E-state index is 6.87. The van der Waals surface area contributed by atoms with Crippen molar-refractivity contribution in [3.8, 4) is 11.1 Å². The number of nitrogens with zero attached hydrogens (tertiary/aromatic N) is 2. The SMILES string of the molecule is c1ccc(C2N=C(c3ccc4ccc5ccccc5c4c3)N=C(c3cccc4oc5c(-c6cccc7c6sc6c8ccccc8ccc76)cccc5c34)N2)cc1. The molecular formula is C51H31N3OS. The standard InChI is InChI=1S/C51H31N3OS/c1-2-13-33(14-3-1)49-52-50(34-26-25-32-24-23-30-11-4-6-15-35(30)43(32)29-34)54-51(53-49)42-21-10-22-44-45(42)41-20-8-17-37(46(41)55-44)38-18-9-19-39-40-28-27-31-12-5-7-16-36(31)47(40)56-48(38)39/h1-29,49H,(H,52,53,54). The third-order valence-corrected chi connectivity index (χ3v) is 12.6. The van der Waals surface area contributed by atoms with Gasteiger partial charge in [0.05, 0.1) is 0 Å². The number of rotatable bonds is 4. The van der Waals surface area contributed by atoms with E-state index in [0.717, 1.165) is 50.0 Å². The predicted octanol–water partition coefficient (Wildman–Crippen LogP) is 13.6. The minimum atomic E-state index is -0.326. The normalized spacial score (nSPS) is 14.6. The van der Waals surface area contributed by atoms with Crippen LogP contribution < -0.4 is 5.32 Å². The zero-order valence-corrected chi connectivity index (χ0v) is 30.8. The second-order valence-corrected chi connectivity index (χ2v) is 15.5. The smallest absolute Gasteiger partial charge is 0.159 e. The van der Waals surface area contributed by atoms with Crippen LogP contribution in [0.2, 0.25) is 0 Å². The van der Waals surface area contributed by atoms with Crippen molar-refractivity contribution in [1.82, 2.24) is 5.32 Å². The average molecular weight is 734 g/mol. The van der Waals surface area contributed by atoms with Crippen LogP contribution in [0.25, 0.3) is 85.6 Å². The molecule has 1 aliphatic heterocycles. The first kappa shape index (κ1) is 31.3. The molecule has 0 saturated heterocycles. The highest BCUT2D eigenvalue weighted by Gasteiger charge is 2.25. The molecule has 2 aromatic heterocycles. The Morgan fingerprint density at radius 2 is 1.12 bits per heavy atom. The number of para-hydroxylation sites is 1. The quantitative estimate of drug-likeness (QED) is 0.183. The van der Waals surface area contributed by atoms with Gasteiger partial charge >= 0.3 is 0 Å². The van der Waals surface area contributed by atoms with E-state index in [1.165, 1.54) is 58.1 Å². The summed E-state index contributed by atoms with van der Waals surface area (Å²) in [5.74, 6) is 1.45. The lowest BCUT2D eigenvalue weighted by Gasteiger charge is -2.24. The number of hydrogen-bond acceptors (Lipinski definition) is 5. The molecule has 4 nitrogen and oxygen atoms in total. The van der Waals surface area contributed by atoms with Crippen molar-refractivity contribution in [2.45, 2.75) is 6.17 Å². The molecule has 0 saturated carbocycles. The molecule has 1 aliphatic rings. The Bertz CT molecular complexity index is 3460. The van der Waals surface area contributed by atoms with Gasteiger partial charge in [0.1, 0.15) is 23.2 Å². The summed E-state index contributed by atoms with van der Waals surface area (Å²) in [5, 5.41) is 15.7. The van der Waals surface area contributed by atoms with Crippen LogP contribution in [0.3, 0.4) is 0 Å². The zero-order chi connectivity index (χ0) is 36.7. The summed E-state index contributed by atoms with van der Waals surface area (Å²) in [5.41, 5.74) is 6.97. The minimum absolute atomic E-state index is 0.326. The monoisotopic (exact) mass is 733 g/mol. The van der Waals surface area contributed by atoms with E-state index in [4.69, 9.17) is 14.4 Å². The van der Waals surface area contributed by atoms with Crippen LogP contribution in [-0.4, -0.2) is 11.7 Å². The molecule has 11 aromatic rings. The van der Waals surface area contributed by atoms with Crippen molar-refractivity contribution in [2.75, 3.05) is 0 Å². The van der Waals surface area contributed by atoms with Gasteiger partial charge in [0.2, 0.25) is 0 Å². The van der Waals surface area contributed by atoms with E-state index >= 15 is 0 Å². The van der Waals surface area contributed by atoms with E-state index in [-0.39, 0.29) is 6.17 Å². The van der Waals surface area contributed by atoms with Crippen LogP contribution in [-0.2, 0) is 0 Å². The van der Waals surface area contributed by atoms with E-state index in [2.05, 4.69) is 175 Å². The highest BCUT2D eigenvalue weighted by molar-refractivity contribution is 7.27. The number of aliphatic imine (C=N–C) groups is 2. The number of hydrogen-bond donors (Lipinski definition) is 1. The molecule has 9 aromatic carbocycles. The van der Waals surface area contributed by atoms with Crippen LogP contribution in [0, 0.1) is 0 Å². The topological polar surface area (TPSA) is 49.9 Å². The van der Waals surface area contributed by atoms with Crippen molar-refractivity contribution in [1.29, 1.82) is 0 Å². The largest absolute Gasteiger partial charge is 0.455 e. The number of fused-ring (bicyclic) bond motifs is 11. The highest BCUT2D eigenvalue weighted by Crippen LogP contribution is 2.45. The van der Waals surface area contributed by atoms with Crippen LogP contribution in [0.1, 0.15) is 22.9 Å². The summed E-state index contributed by atoms with van der Waals surface area (Å²) in [6.45, 7) is 0. The van der Waals surface area contributed by atoms with E-state index in [1.807, 2.05) is 17.4 Å². The molecule has 3 heterocycles. The summed E-state index contributed by atoms with van der Waals surface area (Å²) in [4.78, 5) is 10.5. The molecule has 1 N–H and O–H groups in total. The second kappa shape index (κ2) is 12.2. The number of thiophene rings is 1. The van der Waals surface area contributed by atoms with Gasteiger partial charge < -0.3 is 9.73 Å². The third-order valence-electron chi connectivity index (χ3n) is 11.3. The Morgan fingerprint density at radius 1 is 0.482 bits per heavy atom. The number of furan rings is 1. The molecule has 0 amide bonds. The van der Waals surface area contributed by atoms with Gasteiger partial charge in [-0.3, -0.25) is 0 Å². The second-order valence-electron chi connectivity index (χ2n) is 14.5. The summed E-state index contributed by atoms with van der Waals surface area (Å²) < 4.78 is 9.45. The fourth-order valence-corrected chi connectivity index (χ4v) is 10.0. The molecule has 12 rings (SSSR count). The lowest BCUT2D eigenvalue weighted by molar-refractivity contribution is 0.668. The van der Waals surface area contributed by atoms with Gasteiger partial charge in [0.15, 0.2) is 5.84 Å². The minimum Gasteiger partial charge on any atom is -0.455 e. The first-order chi connectivity index (χ1) is 27.7. The predicted molar refractivity (Wildman–Crippen MR) is 236 cm³/mol. The van der Waals surface area contributed by atoms with Crippen LogP contribution in [0.5, 0.6) is 0 Å². The van der Waals surface area contributed by atoms with E-state index in [9.17, 15) is 0 Å². The summed E-state index contributed by atoms with van der Waals surface area (Å²) in [6, 6.07) is 62.5. The molecule has 262 valence electrons. The van der Waals surface area contributed by atoms with Gasteiger partial charge in [-0.2, -0.15) is 0 Å². The lowest BCUT2D eigenvalue weighted by Crippen LogP contribution is -2.33. The van der Waals surface area contributed by atoms with Gasteiger partial charge in [-0.05, 0) is 50.0 Å². The molecular weight excluding hydrogens is 703 g/mol. The Balaban J connectivity index is 1.05. The maximum Gasteiger partial charge on any atom is 0.159 e. The summed E-state index contributed by atoms with van der Waals surface area (Å²) in [6.07, 6.45) is -0.326. The first-order valence-electron chi connectivity index (χ1n) is 18.9. The third kappa shape index (κ3) is 4.78. The molecule has 0 spiro atoms. The fourth-order valence-electron chi connectivity index (χ4n) is 8.66. The molecule has 0 fully saturated rings. The van der Waals surface area contributed by atoms with Crippen LogP contribution in [0.4, 0.5) is 0 Å². The summed E-state index contributed by atoms with van der Waals surface area (Å²) in [7, 11) is 0. The van der Waals surface area contributed by atoms with Crippen molar-refractivity contribution in [3.05, 3.63) is 193 Å². The van der Waals surface area contributed by atoms with Gasteiger partial charge in [-0.15, -0.1) is 11.3 Å². The summed E-state index contributed by atoms with van der Waals surface area (Å²) >= 11 is 1.87. The van der Waals surface area contributed by atoms with E-state index in [0.29, 0.717) is 5.84 Å². The van der Waals surface area contributed by atoms with Crippen LogP contribution in [0.15, 0.2) is 190 Å². The maximum absolute atomic E-state index is 6.87.